The zero-order valence-corrected chi connectivity index (χ0v) is 15.9. The van der Waals surface area contributed by atoms with Crippen molar-refractivity contribution >= 4 is 36.6 Å². The van der Waals surface area contributed by atoms with Crippen molar-refractivity contribution in [1.82, 2.24) is 9.88 Å². The minimum Gasteiger partial charge on any atom is -0.460 e. The Morgan fingerprint density at radius 1 is 1.28 bits per heavy atom. The van der Waals surface area contributed by atoms with Crippen LogP contribution in [-0.2, 0) is 20.9 Å². The first kappa shape index (κ1) is 18.6. The highest BCUT2D eigenvalue weighted by molar-refractivity contribution is 6.76. The van der Waals surface area contributed by atoms with Gasteiger partial charge in [0.05, 0.1) is 21.7 Å². The maximum absolute atomic E-state index is 12.7. The van der Waals surface area contributed by atoms with Crippen LogP contribution in [-0.4, -0.2) is 53.6 Å². The van der Waals surface area contributed by atoms with E-state index in [1.165, 1.54) is 4.90 Å². The number of fused-ring (bicyclic) bond motifs is 1. The van der Waals surface area contributed by atoms with Crippen molar-refractivity contribution < 1.29 is 19.1 Å². The van der Waals surface area contributed by atoms with E-state index in [1.54, 1.807) is 0 Å². The molecule has 1 N–H and O–H groups in total. The summed E-state index contributed by atoms with van der Waals surface area (Å²) in [6.45, 7) is 6.64. The zero-order chi connectivity index (χ0) is 18.6. The number of carbonyl (C=O) groups is 2. The first-order chi connectivity index (χ1) is 11.7. The van der Waals surface area contributed by atoms with Crippen molar-refractivity contribution in [2.45, 2.75) is 26.2 Å². The minimum absolute atomic E-state index is 0.286. The fraction of sp³-hybridized carbons (Fsp3) is 0.353. The summed E-state index contributed by atoms with van der Waals surface area (Å²) in [6, 6.07) is 9.78. The van der Waals surface area contributed by atoms with E-state index in [0.717, 1.165) is 23.7 Å². The lowest BCUT2D eigenvalue weighted by Gasteiger charge is -2.27. The number of H-pyrrole nitrogens is 1. The summed E-state index contributed by atoms with van der Waals surface area (Å²) >= 11 is 0. The van der Waals surface area contributed by atoms with Crippen molar-refractivity contribution in [3.63, 3.8) is 0 Å². The van der Waals surface area contributed by atoms with E-state index in [1.807, 2.05) is 30.3 Å². The van der Waals surface area contributed by atoms with E-state index in [0.29, 0.717) is 6.17 Å². The molecule has 1 heterocycles. The molecular formula is C17H22N4O3Si. The summed E-state index contributed by atoms with van der Waals surface area (Å²) in [5, 5.41) is 1.04. The van der Waals surface area contributed by atoms with E-state index >= 15 is 0 Å². The molecule has 7 nitrogen and oxygen atoms in total. The third-order valence-electron chi connectivity index (χ3n) is 3.58. The van der Waals surface area contributed by atoms with Crippen LogP contribution >= 0.6 is 0 Å². The Kier molecular flexibility index (Phi) is 5.56. The molecule has 0 saturated carbocycles. The summed E-state index contributed by atoms with van der Waals surface area (Å²) in [7, 11) is -0.537. The Morgan fingerprint density at radius 3 is 2.52 bits per heavy atom. The van der Waals surface area contributed by atoms with Gasteiger partial charge in [0.1, 0.15) is 0 Å². The normalized spacial score (nSPS) is 11.0. The minimum atomic E-state index is -1.68. The first-order valence-electron chi connectivity index (χ1n) is 7.91. The van der Waals surface area contributed by atoms with Crippen molar-refractivity contribution in [1.29, 1.82) is 0 Å². The van der Waals surface area contributed by atoms with Gasteiger partial charge in [0, 0.05) is 17.4 Å². The lowest BCUT2D eigenvalue weighted by Crippen LogP contribution is -2.47. The van der Waals surface area contributed by atoms with Gasteiger partial charge < -0.3 is 20.2 Å². The van der Waals surface area contributed by atoms with Gasteiger partial charge in [0.15, 0.2) is 0 Å². The highest BCUT2D eigenvalue weighted by Gasteiger charge is 2.37. The number of carbonyl (C=O) groups excluding carboxylic acids is 2. The Bertz CT molecular complexity index is 814. The fourth-order valence-corrected chi connectivity index (χ4v) is 4.01. The molecule has 0 radical (unpaired) electrons. The lowest BCUT2D eigenvalue weighted by atomic mass is 10.2. The SMILES string of the molecule is COC(=O)C(=[N+]=[N-])C(=O)N(Cc1cc2ccccc2[nH]1)C[Si](C)(C)C. The molecule has 0 unspecified atom stereocenters. The first-order valence-corrected chi connectivity index (χ1v) is 11.6. The molecule has 0 fully saturated rings. The quantitative estimate of drug-likeness (QED) is 0.214. The van der Waals surface area contributed by atoms with Gasteiger partial charge in [-0.15, -0.1) is 0 Å². The van der Waals surface area contributed by atoms with Gasteiger partial charge in [0.25, 0.3) is 0 Å². The number of aromatic amines is 1. The number of ether oxygens (including phenoxy) is 1. The molecule has 2 rings (SSSR count). The predicted octanol–water partition coefficient (Wildman–Crippen LogP) is 2.22. The second-order valence-electron chi connectivity index (χ2n) is 7.04. The molecule has 1 aromatic carbocycles. The van der Waals surface area contributed by atoms with E-state index in [9.17, 15) is 9.59 Å². The number of nitrogens with zero attached hydrogens (tertiary/aromatic N) is 3. The van der Waals surface area contributed by atoms with Crippen LogP contribution in [0.15, 0.2) is 30.3 Å². The lowest BCUT2D eigenvalue weighted by molar-refractivity contribution is -0.142. The van der Waals surface area contributed by atoms with Gasteiger partial charge in [-0.3, -0.25) is 4.79 Å². The Labute approximate surface area is 147 Å². The number of rotatable bonds is 6. The molecule has 132 valence electrons. The van der Waals surface area contributed by atoms with Crippen molar-refractivity contribution in [3.05, 3.63) is 41.6 Å². The van der Waals surface area contributed by atoms with Crippen LogP contribution < -0.4 is 0 Å². The van der Waals surface area contributed by atoms with Gasteiger partial charge in [-0.25, -0.2) is 4.79 Å². The summed E-state index contributed by atoms with van der Waals surface area (Å²) < 4.78 is 4.53. The van der Waals surface area contributed by atoms with Crippen LogP contribution in [0.3, 0.4) is 0 Å². The molecule has 8 heteroatoms. The van der Waals surface area contributed by atoms with Crippen LogP contribution in [0.5, 0.6) is 0 Å². The number of hydrogen-bond donors (Lipinski definition) is 1. The predicted molar refractivity (Wildman–Crippen MR) is 97.7 cm³/mol. The molecule has 0 aliphatic carbocycles. The molecule has 0 saturated heterocycles. The third kappa shape index (κ3) is 4.65. The Hall–Kier alpha value is -2.70. The van der Waals surface area contributed by atoms with Gasteiger partial charge in [-0.2, -0.15) is 4.79 Å². The summed E-state index contributed by atoms with van der Waals surface area (Å²) in [6.07, 6.45) is 0.511. The molecule has 0 bridgehead atoms. The van der Waals surface area contributed by atoms with E-state index in [4.69, 9.17) is 5.53 Å². The Morgan fingerprint density at radius 2 is 1.96 bits per heavy atom. The molecule has 1 amide bonds. The molecule has 2 aromatic rings. The van der Waals surface area contributed by atoms with Gasteiger partial charge in [-0.1, -0.05) is 37.8 Å². The molecule has 0 aliphatic rings. The highest BCUT2D eigenvalue weighted by atomic mass is 28.3. The van der Waals surface area contributed by atoms with Crippen LogP contribution in [0.2, 0.25) is 19.6 Å². The van der Waals surface area contributed by atoms with Crippen LogP contribution in [0.4, 0.5) is 0 Å². The fourth-order valence-electron chi connectivity index (χ4n) is 2.61. The largest absolute Gasteiger partial charge is 0.463 e. The third-order valence-corrected chi connectivity index (χ3v) is 4.91. The maximum Gasteiger partial charge on any atom is 0.463 e. The zero-order valence-electron chi connectivity index (χ0n) is 14.9. The molecule has 0 spiro atoms. The number of nitrogens with one attached hydrogen (secondary N) is 1. The number of esters is 1. The van der Waals surface area contributed by atoms with Crippen molar-refractivity contribution in [2.75, 3.05) is 13.3 Å². The van der Waals surface area contributed by atoms with E-state index < -0.39 is 25.7 Å². The summed E-state index contributed by atoms with van der Waals surface area (Å²) in [5.74, 6) is -1.60. The number of para-hydroxylation sites is 1. The van der Waals surface area contributed by atoms with E-state index in [-0.39, 0.29) is 6.54 Å². The second kappa shape index (κ2) is 7.46. The average molecular weight is 358 g/mol. The molecular weight excluding hydrogens is 336 g/mol. The van der Waals surface area contributed by atoms with Crippen LogP contribution in [0.1, 0.15) is 5.69 Å². The number of aromatic nitrogens is 1. The van der Waals surface area contributed by atoms with Crippen LogP contribution in [0, 0.1) is 0 Å². The number of hydrogen-bond acceptors (Lipinski definition) is 3. The van der Waals surface area contributed by atoms with Gasteiger partial charge in [0.2, 0.25) is 0 Å². The highest BCUT2D eigenvalue weighted by Crippen LogP contribution is 2.17. The van der Waals surface area contributed by atoms with E-state index in [2.05, 4.69) is 34.2 Å². The number of methoxy groups -OCH3 is 1. The topological polar surface area (TPSA) is 98.8 Å². The number of benzene rings is 1. The monoisotopic (exact) mass is 358 g/mol. The molecule has 25 heavy (non-hydrogen) atoms. The standard InChI is InChI=1S/C17H22N4O3Si/c1-24-17(23)15(20-18)16(22)21(11-25(2,3)4)10-13-9-12-7-5-6-8-14(12)19-13/h5-9,19H,10-11H2,1-4H3. The second-order valence-corrected chi connectivity index (χ2v) is 12.5. The van der Waals surface area contributed by atoms with Gasteiger partial charge >= 0.3 is 17.6 Å². The smallest absolute Gasteiger partial charge is 0.460 e. The Balaban J connectivity index is 2.33. The molecule has 0 atom stereocenters. The van der Waals surface area contributed by atoms with Crippen LogP contribution in [0.25, 0.3) is 16.4 Å². The van der Waals surface area contributed by atoms with Crippen molar-refractivity contribution in [3.8, 4) is 0 Å². The molecule has 0 aliphatic heterocycles. The van der Waals surface area contributed by atoms with Crippen molar-refractivity contribution in [2.24, 2.45) is 0 Å². The summed E-state index contributed by atoms with van der Waals surface area (Å²) in [5.41, 5.74) is 10.3. The molecule has 1 aromatic heterocycles. The maximum atomic E-state index is 12.7. The number of amides is 1. The van der Waals surface area contributed by atoms with Gasteiger partial charge in [-0.05, 0) is 17.5 Å². The summed E-state index contributed by atoms with van der Waals surface area (Å²) in [4.78, 5) is 32.1. The average Bonchev–Trinajstić information content (AvgIpc) is 2.95.